The van der Waals surface area contributed by atoms with Crippen molar-refractivity contribution in [2.45, 2.75) is 0 Å². The van der Waals surface area contributed by atoms with E-state index in [0.717, 1.165) is 22.9 Å². The second-order valence-electron chi connectivity index (χ2n) is 7.08. The molecule has 3 aromatic rings. The summed E-state index contributed by atoms with van der Waals surface area (Å²) in [5.41, 5.74) is 1.02. The largest absolute Gasteiger partial charge is 0.439 e. The Hall–Kier alpha value is -4.03. The van der Waals surface area contributed by atoms with Crippen molar-refractivity contribution in [2.24, 2.45) is 0 Å². The number of carbonyl (C=O) groups excluding carboxylic acids is 3. The number of ether oxygens (including phenoxy) is 1. The number of aromatic nitrogens is 1. The highest BCUT2D eigenvalue weighted by molar-refractivity contribution is 9.10. The number of rotatable bonds is 7. The highest BCUT2D eigenvalue weighted by Crippen LogP contribution is 2.33. The molecule has 1 saturated heterocycles. The van der Waals surface area contributed by atoms with Crippen molar-refractivity contribution in [2.75, 3.05) is 11.9 Å². The normalized spacial score (nSPS) is 14.3. The molecule has 0 spiro atoms. The molecule has 10 nitrogen and oxygen atoms in total. The summed E-state index contributed by atoms with van der Waals surface area (Å²) in [6.07, 6.45) is 2.64. The van der Waals surface area contributed by atoms with Crippen LogP contribution in [0.3, 0.4) is 0 Å². The van der Waals surface area contributed by atoms with Gasteiger partial charge in [-0.1, -0.05) is 24.3 Å². The summed E-state index contributed by atoms with van der Waals surface area (Å²) >= 11 is 4.08. The van der Waals surface area contributed by atoms with Gasteiger partial charge in [0.25, 0.3) is 16.8 Å². The lowest BCUT2D eigenvalue weighted by Gasteiger charge is -2.13. The van der Waals surface area contributed by atoms with Crippen molar-refractivity contribution in [1.82, 2.24) is 9.88 Å². The molecule has 0 aliphatic carbocycles. The fraction of sp³-hybridized carbons (Fsp3) is 0.0435. The van der Waals surface area contributed by atoms with Gasteiger partial charge in [-0.3, -0.25) is 29.4 Å². The number of carbonyl (C=O) groups is 3. The van der Waals surface area contributed by atoms with E-state index in [9.17, 15) is 24.5 Å². The van der Waals surface area contributed by atoms with Gasteiger partial charge in [-0.2, -0.15) is 0 Å². The quantitative estimate of drug-likeness (QED) is 0.239. The molecular weight excluding hydrogens is 540 g/mol. The maximum Gasteiger partial charge on any atom is 0.294 e. The van der Waals surface area contributed by atoms with Crippen LogP contribution in [0.2, 0.25) is 0 Å². The molecule has 0 atom stereocenters. The van der Waals surface area contributed by atoms with Gasteiger partial charge in [-0.05, 0) is 63.6 Å². The van der Waals surface area contributed by atoms with E-state index in [4.69, 9.17) is 4.74 Å². The Balaban J connectivity index is 1.39. The van der Waals surface area contributed by atoms with Crippen molar-refractivity contribution in [3.05, 3.63) is 91.9 Å². The zero-order valence-corrected chi connectivity index (χ0v) is 20.1. The molecule has 35 heavy (non-hydrogen) atoms. The standard InChI is InChI=1S/C23H15BrN4O6S/c24-17-3-1-2-4-18(17)26-20(29)13-27-22(30)19(35-23(27)31)11-14-5-8-16(9-6-14)34-21-10-7-15(12-25-21)28(32)33/h1-12H,13H2,(H,26,29)/b19-11-. The van der Waals surface area contributed by atoms with Gasteiger partial charge < -0.3 is 10.1 Å². The third-order valence-electron chi connectivity index (χ3n) is 4.66. The predicted molar refractivity (Wildman–Crippen MR) is 133 cm³/mol. The number of nitrogens with zero attached hydrogens (tertiary/aromatic N) is 3. The second-order valence-corrected chi connectivity index (χ2v) is 8.93. The summed E-state index contributed by atoms with van der Waals surface area (Å²) in [6.45, 7) is -0.404. The van der Waals surface area contributed by atoms with E-state index < -0.39 is 28.5 Å². The van der Waals surface area contributed by atoms with Crippen LogP contribution in [0.15, 0.2) is 76.2 Å². The number of thioether (sulfide) groups is 1. The van der Waals surface area contributed by atoms with E-state index in [2.05, 4.69) is 26.2 Å². The van der Waals surface area contributed by atoms with Crippen LogP contribution in [0.1, 0.15) is 5.56 Å². The molecule has 12 heteroatoms. The lowest BCUT2D eigenvalue weighted by molar-refractivity contribution is -0.385. The van der Waals surface area contributed by atoms with Gasteiger partial charge in [0.2, 0.25) is 11.8 Å². The highest BCUT2D eigenvalue weighted by Gasteiger charge is 2.36. The fourth-order valence-corrected chi connectivity index (χ4v) is 4.20. The number of pyridine rings is 1. The smallest absolute Gasteiger partial charge is 0.294 e. The van der Waals surface area contributed by atoms with Gasteiger partial charge in [0.1, 0.15) is 18.5 Å². The van der Waals surface area contributed by atoms with E-state index in [-0.39, 0.29) is 16.5 Å². The number of benzene rings is 2. The topological polar surface area (TPSA) is 132 Å². The molecular formula is C23H15BrN4O6S. The Morgan fingerprint density at radius 2 is 1.89 bits per heavy atom. The van der Waals surface area contributed by atoms with Crippen molar-refractivity contribution < 1.29 is 24.0 Å². The second kappa shape index (κ2) is 10.5. The highest BCUT2D eigenvalue weighted by atomic mass is 79.9. The van der Waals surface area contributed by atoms with Crippen molar-refractivity contribution in [3.8, 4) is 11.6 Å². The van der Waals surface area contributed by atoms with Gasteiger partial charge in [-0.25, -0.2) is 4.98 Å². The molecule has 0 unspecified atom stereocenters. The summed E-state index contributed by atoms with van der Waals surface area (Å²) in [5.74, 6) is -0.440. The fourth-order valence-electron chi connectivity index (χ4n) is 2.98. The monoisotopic (exact) mass is 554 g/mol. The summed E-state index contributed by atoms with van der Waals surface area (Å²) in [7, 11) is 0. The Bertz CT molecular complexity index is 1340. The van der Waals surface area contributed by atoms with Gasteiger partial charge >= 0.3 is 0 Å². The van der Waals surface area contributed by atoms with Crippen LogP contribution in [-0.4, -0.2) is 38.4 Å². The third kappa shape index (κ3) is 5.91. The molecule has 1 N–H and O–H groups in total. The van der Waals surface area contributed by atoms with Crippen molar-refractivity contribution in [3.63, 3.8) is 0 Å². The molecule has 0 radical (unpaired) electrons. The molecule has 2 heterocycles. The SMILES string of the molecule is O=C(CN1C(=O)S/C(=C\c2ccc(Oc3ccc([N+](=O)[O-])cn3)cc2)C1=O)Nc1ccccc1Br. The van der Waals surface area contributed by atoms with E-state index in [1.54, 1.807) is 54.6 Å². The predicted octanol–water partition coefficient (Wildman–Crippen LogP) is 5.22. The van der Waals surface area contributed by atoms with Crippen molar-refractivity contribution >= 4 is 62.2 Å². The van der Waals surface area contributed by atoms with Crippen LogP contribution < -0.4 is 10.1 Å². The van der Waals surface area contributed by atoms with Gasteiger partial charge in [0, 0.05) is 16.6 Å². The molecule has 1 fully saturated rings. The summed E-state index contributed by atoms with van der Waals surface area (Å²) in [6, 6.07) is 16.3. The van der Waals surface area contributed by atoms with E-state index >= 15 is 0 Å². The van der Waals surface area contributed by atoms with Crippen molar-refractivity contribution in [1.29, 1.82) is 0 Å². The molecule has 1 aromatic heterocycles. The average molecular weight is 555 g/mol. The Morgan fingerprint density at radius 1 is 1.14 bits per heavy atom. The zero-order chi connectivity index (χ0) is 24.9. The molecule has 2 aromatic carbocycles. The first-order valence-corrected chi connectivity index (χ1v) is 11.6. The number of nitro groups is 1. The van der Waals surface area contributed by atoms with Crippen LogP contribution >= 0.6 is 27.7 Å². The minimum absolute atomic E-state index is 0.146. The summed E-state index contributed by atoms with van der Waals surface area (Å²) in [4.78, 5) is 52.5. The average Bonchev–Trinajstić information content (AvgIpc) is 3.09. The third-order valence-corrected chi connectivity index (χ3v) is 6.25. The number of hydrogen-bond donors (Lipinski definition) is 1. The zero-order valence-electron chi connectivity index (χ0n) is 17.7. The minimum Gasteiger partial charge on any atom is -0.439 e. The number of anilines is 1. The lowest BCUT2D eigenvalue weighted by atomic mass is 10.2. The molecule has 3 amide bonds. The molecule has 0 bridgehead atoms. The number of para-hydroxylation sites is 1. The van der Waals surface area contributed by atoms with Crippen LogP contribution in [-0.2, 0) is 9.59 Å². The van der Waals surface area contributed by atoms with Crippen LogP contribution in [0.5, 0.6) is 11.6 Å². The van der Waals surface area contributed by atoms with Gasteiger partial charge in [-0.15, -0.1) is 0 Å². The van der Waals surface area contributed by atoms with E-state index in [1.165, 1.54) is 12.1 Å². The molecule has 0 saturated carbocycles. The molecule has 4 rings (SSSR count). The number of imide groups is 1. The minimum atomic E-state index is -0.558. The van der Waals surface area contributed by atoms with Crippen LogP contribution in [0.4, 0.5) is 16.2 Å². The van der Waals surface area contributed by atoms with Gasteiger partial charge in [0.15, 0.2) is 0 Å². The molecule has 176 valence electrons. The Morgan fingerprint density at radius 3 is 2.54 bits per heavy atom. The van der Waals surface area contributed by atoms with Crippen LogP contribution in [0, 0.1) is 10.1 Å². The summed E-state index contributed by atoms with van der Waals surface area (Å²) < 4.78 is 6.24. The number of hydrogen-bond acceptors (Lipinski definition) is 8. The number of amides is 3. The number of nitrogens with one attached hydrogen (secondary N) is 1. The maximum absolute atomic E-state index is 12.7. The molecule has 1 aliphatic rings. The number of halogens is 1. The first-order chi connectivity index (χ1) is 16.8. The van der Waals surface area contributed by atoms with E-state index in [1.807, 2.05) is 0 Å². The first kappa shape index (κ1) is 24.1. The van der Waals surface area contributed by atoms with Crippen LogP contribution in [0.25, 0.3) is 6.08 Å². The lowest BCUT2D eigenvalue weighted by Crippen LogP contribution is -2.36. The van der Waals surface area contributed by atoms with E-state index in [0.29, 0.717) is 21.5 Å². The first-order valence-electron chi connectivity index (χ1n) is 9.98. The van der Waals surface area contributed by atoms with Gasteiger partial charge in [0.05, 0.1) is 15.5 Å². The molecule has 1 aliphatic heterocycles. The Labute approximate surface area is 211 Å². The summed E-state index contributed by atoms with van der Waals surface area (Å²) in [5, 5.41) is 12.8. The maximum atomic E-state index is 12.7. The Kier molecular flexibility index (Phi) is 7.22.